The van der Waals surface area contributed by atoms with E-state index >= 15 is 0 Å². The van der Waals surface area contributed by atoms with Crippen LogP contribution in [0.2, 0.25) is 0 Å². The first-order chi connectivity index (χ1) is 9.97. The van der Waals surface area contributed by atoms with Crippen LogP contribution in [0.4, 0.5) is 11.4 Å². The van der Waals surface area contributed by atoms with Crippen molar-refractivity contribution < 1.29 is 4.92 Å². The fourth-order valence-electron chi connectivity index (χ4n) is 2.30. The molecule has 0 aliphatic heterocycles. The zero-order valence-corrected chi connectivity index (χ0v) is 12.6. The summed E-state index contributed by atoms with van der Waals surface area (Å²) in [5.74, 6) is 0. The lowest BCUT2D eigenvalue weighted by molar-refractivity contribution is -0.384. The molecule has 0 atom stereocenters. The van der Waals surface area contributed by atoms with E-state index < -0.39 is 0 Å². The van der Waals surface area contributed by atoms with Gasteiger partial charge in [-0.3, -0.25) is 14.8 Å². The summed E-state index contributed by atoms with van der Waals surface area (Å²) >= 11 is 0. The summed E-state index contributed by atoms with van der Waals surface area (Å²) in [7, 11) is 0. The van der Waals surface area contributed by atoms with E-state index in [1.807, 2.05) is 37.6 Å². The Labute approximate surface area is 123 Å². The highest BCUT2D eigenvalue weighted by molar-refractivity contribution is 5.62. The Morgan fingerprint density at radius 1 is 1.29 bits per heavy atom. The van der Waals surface area contributed by atoms with Crippen molar-refractivity contribution in [1.29, 1.82) is 0 Å². The maximum atomic E-state index is 11.0. The number of anilines is 1. The lowest BCUT2D eigenvalue weighted by Gasteiger charge is -2.08. The van der Waals surface area contributed by atoms with Crippen LogP contribution in [-0.2, 0) is 6.54 Å². The Bertz CT molecular complexity index is 649. The molecule has 0 unspecified atom stereocenters. The molecule has 6 heteroatoms. The second kappa shape index (κ2) is 6.39. The highest BCUT2D eigenvalue weighted by atomic mass is 16.6. The third-order valence-electron chi connectivity index (χ3n) is 3.32. The van der Waals surface area contributed by atoms with Crippen molar-refractivity contribution in [2.45, 2.75) is 33.7 Å². The van der Waals surface area contributed by atoms with Crippen LogP contribution in [0.3, 0.4) is 0 Å². The van der Waals surface area contributed by atoms with Gasteiger partial charge in [0.15, 0.2) is 0 Å². The molecule has 1 N–H and O–H groups in total. The third kappa shape index (κ3) is 3.81. The van der Waals surface area contributed by atoms with Crippen LogP contribution < -0.4 is 5.32 Å². The monoisotopic (exact) mass is 288 g/mol. The number of aromatic nitrogens is 2. The molecular weight excluding hydrogens is 268 g/mol. The van der Waals surface area contributed by atoms with E-state index in [0.29, 0.717) is 12.2 Å². The molecule has 2 aromatic rings. The highest BCUT2D eigenvalue weighted by Gasteiger charge is 2.12. The van der Waals surface area contributed by atoms with Gasteiger partial charge in [0.1, 0.15) is 5.69 Å². The van der Waals surface area contributed by atoms with Gasteiger partial charge in [0, 0.05) is 24.8 Å². The largest absolute Gasteiger partial charge is 0.379 e. The van der Waals surface area contributed by atoms with E-state index in [4.69, 9.17) is 0 Å². The van der Waals surface area contributed by atoms with Gasteiger partial charge in [-0.2, -0.15) is 5.10 Å². The molecule has 0 radical (unpaired) electrons. The van der Waals surface area contributed by atoms with Crippen LogP contribution in [0, 0.1) is 30.9 Å². The molecular formula is C15H20N4O2. The summed E-state index contributed by atoms with van der Waals surface area (Å²) in [5, 5.41) is 18.6. The van der Waals surface area contributed by atoms with Gasteiger partial charge in [0.05, 0.1) is 10.6 Å². The lowest BCUT2D eigenvalue weighted by atomic mass is 10.2. The van der Waals surface area contributed by atoms with Crippen molar-refractivity contribution in [2.75, 3.05) is 11.9 Å². The topological polar surface area (TPSA) is 73.0 Å². The number of nitrogens with one attached hydrogen (secondary N) is 1. The summed E-state index contributed by atoms with van der Waals surface area (Å²) in [6.45, 7) is 7.31. The molecule has 0 amide bonds. The van der Waals surface area contributed by atoms with Gasteiger partial charge in [-0.1, -0.05) is 6.07 Å². The number of hydrogen-bond donors (Lipinski definition) is 1. The number of nitrogens with zero attached hydrogens (tertiary/aromatic N) is 3. The van der Waals surface area contributed by atoms with Gasteiger partial charge in [0.2, 0.25) is 0 Å². The van der Waals surface area contributed by atoms with Crippen LogP contribution in [-0.4, -0.2) is 21.2 Å². The Morgan fingerprint density at radius 2 is 2.05 bits per heavy atom. The number of hydrogen-bond acceptors (Lipinski definition) is 4. The first-order valence-electron chi connectivity index (χ1n) is 6.97. The summed E-state index contributed by atoms with van der Waals surface area (Å²) in [4.78, 5) is 10.7. The summed E-state index contributed by atoms with van der Waals surface area (Å²) in [5.41, 5.74) is 3.72. The SMILES string of the molecule is Cc1ccc(NCCCn2nc(C)cc2C)c([N+](=O)[O-])c1. The summed E-state index contributed by atoms with van der Waals surface area (Å²) < 4.78 is 1.96. The maximum absolute atomic E-state index is 11.0. The minimum absolute atomic E-state index is 0.126. The average Bonchev–Trinajstić information content (AvgIpc) is 2.74. The van der Waals surface area contributed by atoms with E-state index in [1.165, 1.54) is 0 Å². The molecule has 1 heterocycles. The predicted molar refractivity (Wildman–Crippen MR) is 82.6 cm³/mol. The standard InChI is InChI=1S/C15H20N4O2/c1-11-5-6-14(15(9-11)19(20)21)16-7-4-8-18-13(3)10-12(2)17-18/h5-6,9-10,16H,4,7-8H2,1-3H3. The highest BCUT2D eigenvalue weighted by Crippen LogP contribution is 2.25. The average molecular weight is 288 g/mol. The quantitative estimate of drug-likeness (QED) is 0.503. The molecule has 112 valence electrons. The number of aryl methyl sites for hydroxylation is 4. The first kappa shape index (κ1) is 15.0. The molecule has 2 rings (SSSR count). The second-order valence-corrected chi connectivity index (χ2v) is 5.21. The molecule has 1 aromatic heterocycles. The van der Waals surface area contributed by atoms with Crippen LogP contribution in [0.5, 0.6) is 0 Å². The third-order valence-corrected chi connectivity index (χ3v) is 3.32. The fraction of sp³-hybridized carbons (Fsp3) is 0.400. The number of benzene rings is 1. The van der Waals surface area contributed by atoms with Crippen molar-refractivity contribution in [1.82, 2.24) is 9.78 Å². The van der Waals surface area contributed by atoms with E-state index in [1.54, 1.807) is 12.1 Å². The smallest absolute Gasteiger partial charge is 0.292 e. The van der Waals surface area contributed by atoms with Crippen molar-refractivity contribution in [3.63, 3.8) is 0 Å². The van der Waals surface area contributed by atoms with Crippen LogP contribution in [0.1, 0.15) is 23.4 Å². The second-order valence-electron chi connectivity index (χ2n) is 5.21. The van der Waals surface area contributed by atoms with Crippen molar-refractivity contribution in [2.24, 2.45) is 0 Å². The van der Waals surface area contributed by atoms with Crippen LogP contribution >= 0.6 is 0 Å². The van der Waals surface area contributed by atoms with Crippen LogP contribution in [0.15, 0.2) is 24.3 Å². The summed E-state index contributed by atoms with van der Waals surface area (Å²) in [6, 6.07) is 7.26. The van der Waals surface area contributed by atoms with Crippen LogP contribution in [0.25, 0.3) is 0 Å². The van der Waals surface area contributed by atoms with E-state index in [-0.39, 0.29) is 10.6 Å². The molecule has 21 heavy (non-hydrogen) atoms. The van der Waals surface area contributed by atoms with Gasteiger partial charge >= 0.3 is 0 Å². The molecule has 1 aromatic carbocycles. The number of nitro benzene ring substituents is 1. The van der Waals surface area contributed by atoms with Gasteiger partial charge in [-0.05, 0) is 44.9 Å². The Kier molecular flexibility index (Phi) is 4.57. The molecule has 0 saturated heterocycles. The van der Waals surface area contributed by atoms with Crippen molar-refractivity contribution >= 4 is 11.4 Å². The fourth-order valence-corrected chi connectivity index (χ4v) is 2.30. The first-order valence-corrected chi connectivity index (χ1v) is 6.97. The Morgan fingerprint density at radius 3 is 2.67 bits per heavy atom. The lowest BCUT2D eigenvalue weighted by Crippen LogP contribution is -2.10. The van der Waals surface area contributed by atoms with Gasteiger partial charge in [-0.25, -0.2) is 0 Å². The zero-order valence-electron chi connectivity index (χ0n) is 12.6. The minimum Gasteiger partial charge on any atom is -0.379 e. The number of nitro groups is 1. The maximum Gasteiger partial charge on any atom is 0.292 e. The molecule has 0 fully saturated rings. The molecule has 0 spiro atoms. The number of rotatable bonds is 6. The molecule has 0 saturated carbocycles. The molecule has 0 bridgehead atoms. The Hall–Kier alpha value is -2.37. The van der Waals surface area contributed by atoms with Gasteiger partial charge in [0.25, 0.3) is 5.69 Å². The van der Waals surface area contributed by atoms with Crippen molar-refractivity contribution in [3.8, 4) is 0 Å². The zero-order chi connectivity index (χ0) is 15.4. The summed E-state index contributed by atoms with van der Waals surface area (Å²) in [6.07, 6.45) is 0.854. The minimum atomic E-state index is -0.351. The molecule has 0 aliphatic rings. The predicted octanol–water partition coefficient (Wildman–Crippen LogP) is 3.22. The van der Waals surface area contributed by atoms with E-state index in [0.717, 1.165) is 29.9 Å². The van der Waals surface area contributed by atoms with Crippen molar-refractivity contribution in [3.05, 3.63) is 51.3 Å². The van der Waals surface area contributed by atoms with Gasteiger partial charge < -0.3 is 5.32 Å². The normalized spacial score (nSPS) is 10.6. The molecule has 6 nitrogen and oxygen atoms in total. The molecule has 0 aliphatic carbocycles. The van der Waals surface area contributed by atoms with E-state index in [2.05, 4.69) is 10.4 Å². The van der Waals surface area contributed by atoms with Gasteiger partial charge in [-0.15, -0.1) is 0 Å². The van der Waals surface area contributed by atoms with E-state index in [9.17, 15) is 10.1 Å². The Balaban J connectivity index is 1.92.